The first-order chi connectivity index (χ1) is 28.2. The van der Waals surface area contributed by atoms with Crippen molar-refractivity contribution in [1.29, 1.82) is 0 Å². The molecule has 6 N–H and O–H groups in total. The molecule has 19 nitrogen and oxygen atoms in total. The molecule has 0 rings (SSSR count). The number of nitrogens with one attached hydrogen (secondary N) is 5. The molecule has 60 heavy (non-hydrogen) atoms. The fraction of sp³-hybridized carbons (Fsp3) is 0.780. The zero-order chi connectivity index (χ0) is 45.9. The molecule has 0 saturated heterocycles. The Morgan fingerprint density at radius 2 is 0.750 bits per heavy atom. The molecular formula is C41H71N5O14. The van der Waals surface area contributed by atoms with Gasteiger partial charge in [0.05, 0.1) is 33.0 Å². The third-order valence-corrected chi connectivity index (χ3v) is 9.10. The second kappa shape index (κ2) is 30.4. The Bertz CT molecular complexity index is 1400. The minimum absolute atomic E-state index is 0.0121. The molecule has 0 radical (unpaired) electrons. The maximum atomic E-state index is 12.9. The first kappa shape index (κ1) is 55.4. The van der Waals surface area contributed by atoms with Crippen LogP contribution in [0.2, 0.25) is 0 Å². The maximum Gasteiger partial charge on any atom is 0.328 e. The zero-order valence-corrected chi connectivity index (χ0v) is 37.1. The minimum atomic E-state index is -1.43. The lowest BCUT2D eigenvalue weighted by Gasteiger charge is -2.24. The van der Waals surface area contributed by atoms with Gasteiger partial charge in [0.25, 0.3) is 0 Å². The van der Waals surface area contributed by atoms with E-state index in [0.717, 1.165) is 0 Å². The fourth-order valence-electron chi connectivity index (χ4n) is 5.40. The summed E-state index contributed by atoms with van der Waals surface area (Å²) in [5.41, 5.74) is 0. The number of Topliss-reactive ketones (excluding diaryl/α,β-unsaturated/α-hetero) is 1. The Kier molecular flexibility index (Phi) is 28.0. The summed E-state index contributed by atoms with van der Waals surface area (Å²) >= 11 is 0. The maximum absolute atomic E-state index is 12.9. The summed E-state index contributed by atoms with van der Waals surface area (Å²) in [7, 11) is 1.68. The van der Waals surface area contributed by atoms with Gasteiger partial charge in [-0.25, -0.2) is 14.4 Å². The van der Waals surface area contributed by atoms with Crippen molar-refractivity contribution in [2.24, 2.45) is 23.7 Å². The van der Waals surface area contributed by atoms with Crippen molar-refractivity contribution in [1.82, 2.24) is 26.6 Å². The van der Waals surface area contributed by atoms with Crippen molar-refractivity contribution in [3.05, 3.63) is 0 Å². The molecule has 0 aliphatic rings. The molecule has 344 valence electrons. The second-order valence-electron chi connectivity index (χ2n) is 15.9. The molecule has 5 atom stereocenters. The van der Waals surface area contributed by atoms with E-state index in [9.17, 15) is 48.3 Å². The predicted molar refractivity (Wildman–Crippen MR) is 218 cm³/mol. The molecule has 0 aromatic heterocycles. The van der Waals surface area contributed by atoms with Crippen molar-refractivity contribution in [3.8, 4) is 0 Å². The van der Waals surface area contributed by atoms with Gasteiger partial charge < -0.3 is 55.4 Å². The summed E-state index contributed by atoms with van der Waals surface area (Å²) in [6.07, 6.45) is 0.852. The van der Waals surface area contributed by atoms with Crippen LogP contribution in [0.1, 0.15) is 114 Å². The quantitative estimate of drug-likeness (QED) is 0.0323. The van der Waals surface area contributed by atoms with Gasteiger partial charge in [-0.1, -0.05) is 55.4 Å². The lowest BCUT2D eigenvalue weighted by Crippen LogP contribution is -2.54. The van der Waals surface area contributed by atoms with E-state index in [1.165, 1.54) is 6.92 Å². The summed E-state index contributed by atoms with van der Waals surface area (Å²) in [5, 5.41) is 22.7. The first-order valence-corrected chi connectivity index (χ1v) is 20.8. The number of likely N-dealkylation sites (N-methyl/N-ethyl adjacent to an activating group) is 1. The van der Waals surface area contributed by atoms with E-state index >= 15 is 0 Å². The first-order valence-electron chi connectivity index (χ1n) is 20.8. The molecule has 0 spiro atoms. The number of carbonyl (C=O) groups is 9. The van der Waals surface area contributed by atoms with E-state index in [1.807, 2.05) is 13.8 Å². The minimum Gasteiger partial charge on any atom is -0.465 e. The molecule has 0 aromatic carbocycles. The van der Waals surface area contributed by atoms with Crippen molar-refractivity contribution >= 4 is 53.3 Å². The Hall–Kier alpha value is -4.65. The number of amides is 4. The van der Waals surface area contributed by atoms with Crippen LogP contribution in [0, 0.1) is 23.7 Å². The zero-order valence-electron chi connectivity index (χ0n) is 37.1. The highest BCUT2D eigenvalue weighted by atomic mass is 16.5. The van der Waals surface area contributed by atoms with E-state index in [-0.39, 0.29) is 81.6 Å². The van der Waals surface area contributed by atoms with E-state index in [1.54, 1.807) is 48.6 Å². The number of carbonyl (C=O) groups excluding carboxylic acids is 9. The largest absolute Gasteiger partial charge is 0.465 e. The third kappa shape index (κ3) is 23.2. The van der Waals surface area contributed by atoms with Gasteiger partial charge in [0.15, 0.2) is 0 Å². The number of ketones is 1. The molecular weight excluding hydrogens is 786 g/mol. The molecule has 5 unspecified atom stereocenters. The SMILES string of the molecule is CNC(C(=O)OCCCCOC(=O)C(NC(=O)C(CO)NC(=O)CCC(=O)NC(C(=O)OCCCCOC(=O)C(NC(=O)CCC(C)=O)C(C)C)C(C)C)C(C)C)C(C)C. The summed E-state index contributed by atoms with van der Waals surface area (Å²) in [4.78, 5) is 112. The van der Waals surface area contributed by atoms with Gasteiger partial charge in [0.1, 0.15) is 36.0 Å². The summed E-state index contributed by atoms with van der Waals surface area (Å²) < 4.78 is 21.2. The molecule has 0 aliphatic heterocycles. The lowest BCUT2D eigenvalue weighted by molar-refractivity contribution is -0.151. The molecule has 19 heteroatoms. The number of aliphatic hydroxyl groups excluding tert-OH is 1. The Balaban J connectivity index is 4.78. The number of unbranched alkanes of at least 4 members (excludes halogenated alkanes) is 2. The number of rotatable bonds is 31. The molecule has 4 amide bonds. The van der Waals surface area contributed by atoms with E-state index in [2.05, 4.69) is 26.6 Å². The van der Waals surface area contributed by atoms with Gasteiger partial charge in [0, 0.05) is 25.7 Å². The Morgan fingerprint density at radius 1 is 0.450 bits per heavy atom. The normalized spacial score (nSPS) is 13.7. The average Bonchev–Trinajstić information content (AvgIpc) is 3.17. The summed E-state index contributed by atoms with van der Waals surface area (Å²) in [6.45, 7) is 14.8. The van der Waals surface area contributed by atoms with Gasteiger partial charge in [-0.2, -0.15) is 0 Å². The van der Waals surface area contributed by atoms with Gasteiger partial charge in [-0.15, -0.1) is 0 Å². The van der Waals surface area contributed by atoms with Crippen LogP contribution < -0.4 is 26.6 Å². The van der Waals surface area contributed by atoms with Crippen molar-refractivity contribution in [3.63, 3.8) is 0 Å². The van der Waals surface area contributed by atoms with Gasteiger partial charge in [-0.3, -0.25) is 24.0 Å². The average molecular weight is 858 g/mol. The van der Waals surface area contributed by atoms with E-state index < -0.39 is 84.3 Å². The van der Waals surface area contributed by atoms with Gasteiger partial charge in [0.2, 0.25) is 23.6 Å². The van der Waals surface area contributed by atoms with Crippen molar-refractivity contribution < 1.29 is 67.2 Å². The Labute approximate surface area is 354 Å². The smallest absolute Gasteiger partial charge is 0.328 e. The molecule has 0 fully saturated rings. The highest BCUT2D eigenvalue weighted by Crippen LogP contribution is 2.10. The van der Waals surface area contributed by atoms with Crippen molar-refractivity contribution in [2.75, 3.05) is 40.1 Å². The Morgan fingerprint density at radius 3 is 1.05 bits per heavy atom. The third-order valence-electron chi connectivity index (χ3n) is 9.10. The van der Waals surface area contributed by atoms with Crippen LogP contribution in [0.5, 0.6) is 0 Å². The predicted octanol–water partition coefficient (Wildman–Crippen LogP) is 1.01. The van der Waals surface area contributed by atoms with Gasteiger partial charge in [-0.05, 0) is 63.3 Å². The van der Waals surface area contributed by atoms with E-state index in [4.69, 9.17) is 18.9 Å². The molecule has 0 aliphatic carbocycles. The van der Waals surface area contributed by atoms with Crippen LogP contribution in [0.4, 0.5) is 0 Å². The van der Waals surface area contributed by atoms with Gasteiger partial charge >= 0.3 is 23.9 Å². The topological polar surface area (TPSA) is 271 Å². The molecule has 0 bridgehead atoms. The monoisotopic (exact) mass is 857 g/mol. The number of hydrogen-bond donors (Lipinski definition) is 6. The van der Waals surface area contributed by atoms with Crippen LogP contribution in [-0.2, 0) is 62.1 Å². The van der Waals surface area contributed by atoms with Crippen LogP contribution in [0.15, 0.2) is 0 Å². The molecule has 0 aromatic rings. The second-order valence-corrected chi connectivity index (χ2v) is 15.9. The highest BCUT2D eigenvalue weighted by Gasteiger charge is 2.31. The standard InChI is InChI=1S/C41H71N5O14/c1-24(2)33(42-10)38(53)57-19-11-12-22-60-41(56)36(27(7)8)46-37(52)29(23-47)43-30(49)17-18-32(51)45-35(26(5)6)40(55)59-21-14-13-20-58-39(54)34(25(3)4)44-31(50)16-15-28(9)48/h24-27,29,33-36,42,47H,11-23H2,1-10H3,(H,43,49)(H,44,50)(H,45,51)(H,46,52). The summed E-state index contributed by atoms with van der Waals surface area (Å²) in [6, 6.07) is -4.85. The highest BCUT2D eigenvalue weighted by molar-refractivity contribution is 5.92. The molecule has 0 heterocycles. The number of ether oxygens (including phenoxy) is 4. The van der Waals surface area contributed by atoms with Crippen LogP contribution in [0.3, 0.4) is 0 Å². The van der Waals surface area contributed by atoms with E-state index in [0.29, 0.717) is 25.7 Å². The lowest BCUT2D eigenvalue weighted by atomic mass is 10.0. The van der Waals surface area contributed by atoms with Crippen LogP contribution in [0.25, 0.3) is 0 Å². The van der Waals surface area contributed by atoms with Crippen molar-refractivity contribution in [2.45, 2.75) is 144 Å². The number of hydrogen-bond acceptors (Lipinski definition) is 15. The van der Waals surface area contributed by atoms with Crippen LogP contribution >= 0.6 is 0 Å². The number of esters is 4. The summed E-state index contributed by atoms with van der Waals surface area (Å²) in [5.74, 6) is -6.15. The molecule has 0 saturated carbocycles. The fourth-order valence-corrected chi connectivity index (χ4v) is 5.40. The number of aliphatic hydroxyl groups is 1. The van der Waals surface area contributed by atoms with Crippen LogP contribution in [-0.4, -0.2) is 129 Å².